The minimum atomic E-state index is 0.946. The molecule has 0 aliphatic heterocycles. The summed E-state index contributed by atoms with van der Waals surface area (Å²) in [6.45, 7) is 6.33. The number of benzene rings is 4. The number of rotatable bonds is 2. The van der Waals surface area contributed by atoms with Crippen LogP contribution in [0.4, 0.5) is 11.4 Å². The van der Waals surface area contributed by atoms with Crippen molar-refractivity contribution in [2.45, 2.75) is 20.8 Å². The summed E-state index contributed by atoms with van der Waals surface area (Å²) in [7, 11) is 0. The molecule has 0 radical (unpaired) electrons. The van der Waals surface area contributed by atoms with E-state index in [1.54, 1.807) is 0 Å². The van der Waals surface area contributed by atoms with Gasteiger partial charge < -0.3 is 0 Å². The highest BCUT2D eigenvalue weighted by Gasteiger charge is 2.08. The van der Waals surface area contributed by atoms with Gasteiger partial charge in [0.25, 0.3) is 0 Å². The molecule has 2 nitrogen and oxygen atoms in total. The Kier molecular flexibility index (Phi) is 3.81. The lowest BCUT2D eigenvalue weighted by atomic mass is 10.0. The van der Waals surface area contributed by atoms with Gasteiger partial charge in [-0.25, -0.2) is 0 Å². The third-order valence-electron chi connectivity index (χ3n) is 4.77. The van der Waals surface area contributed by atoms with E-state index >= 15 is 0 Å². The molecule has 0 fully saturated rings. The minimum absolute atomic E-state index is 0.946. The molecule has 4 aromatic carbocycles. The topological polar surface area (TPSA) is 24.7 Å². The van der Waals surface area contributed by atoms with Crippen LogP contribution in [0.25, 0.3) is 21.5 Å². The van der Waals surface area contributed by atoms with E-state index in [4.69, 9.17) is 0 Å². The van der Waals surface area contributed by atoms with Gasteiger partial charge in [-0.2, -0.15) is 0 Å². The van der Waals surface area contributed by atoms with Gasteiger partial charge in [-0.3, -0.25) is 0 Å². The molecule has 2 heteroatoms. The van der Waals surface area contributed by atoms with Crippen molar-refractivity contribution < 1.29 is 0 Å². The highest BCUT2D eigenvalue weighted by atomic mass is 15.1. The van der Waals surface area contributed by atoms with Crippen molar-refractivity contribution >= 4 is 32.9 Å². The molecule has 0 heterocycles. The van der Waals surface area contributed by atoms with E-state index < -0.39 is 0 Å². The van der Waals surface area contributed by atoms with E-state index in [-0.39, 0.29) is 0 Å². The highest BCUT2D eigenvalue weighted by molar-refractivity contribution is 5.97. The molecule has 0 aliphatic carbocycles. The van der Waals surface area contributed by atoms with Gasteiger partial charge in [0.1, 0.15) is 0 Å². The van der Waals surface area contributed by atoms with Crippen LogP contribution in [-0.4, -0.2) is 0 Å². The molecule has 0 saturated heterocycles. The monoisotopic (exact) mass is 324 g/mol. The Hall–Kier alpha value is -3.00. The van der Waals surface area contributed by atoms with Crippen LogP contribution in [0, 0.1) is 20.8 Å². The maximum atomic E-state index is 4.68. The molecule has 0 bridgehead atoms. The van der Waals surface area contributed by atoms with Gasteiger partial charge in [0, 0.05) is 10.8 Å². The summed E-state index contributed by atoms with van der Waals surface area (Å²) in [6.07, 6.45) is 0. The molecule has 0 unspecified atom stereocenters. The van der Waals surface area contributed by atoms with E-state index in [0.29, 0.717) is 0 Å². The molecule has 0 aromatic heterocycles. The van der Waals surface area contributed by atoms with E-state index in [2.05, 4.69) is 91.7 Å². The van der Waals surface area contributed by atoms with E-state index in [1.807, 2.05) is 6.07 Å². The van der Waals surface area contributed by atoms with Crippen molar-refractivity contribution in [1.29, 1.82) is 0 Å². The summed E-state index contributed by atoms with van der Waals surface area (Å²) < 4.78 is 0. The first-order valence-corrected chi connectivity index (χ1v) is 8.54. The quantitative estimate of drug-likeness (QED) is 0.345. The molecule has 0 saturated carbocycles. The minimum Gasteiger partial charge on any atom is -0.150 e. The van der Waals surface area contributed by atoms with Gasteiger partial charge >= 0.3 is 0 Å². The van der Waals surface area contributed by atoms with Gasteiger partial charge in [0.2, 0.25) is 0 Å². The third-order valence-corrected chi connectivity index (χ3v) is 4.77. The van der Waals surface area contributed by atoms with Gasteiger partial charge in [-0.15, -0.1) is 10.2 Å². The predicted octanol–water partition coefficient (Wildman–Crippen LogP) is 7.33. The molecular formula is C23H20N2. The van der Waals surface area contributed by atoms with Gasteiger partial charge in [-0.05, 0) is 48.2 Å². The fraction of sp³-hybridized carbons (Fsp3) is 0.130. The van der Waals surface area contributed by atoms with Gasteiger partial charge in [0.05, 0.1) is 11.4 Å². The van der Waals surface area contributed by atoms with Crippen molar-refractivity contribution in [3.8, 4) is 0 Å². The molecule has 25 heavy (non-hydrogen) atoms. The van der Waals surface area contributed by atoms with Crippen molar-refractivity contribution in [2.75, 3.05) is 0 Å². The van der Waals surface area contributed by atoms with Crippen LogP contribution in [0.3, 0.4) is 0 Å². The van der Waals surface area contributed by atoms with Crippen LogP contribution >= 0.6 is 0 Å². The zero-order valence-corrected chi connectivity index (χ0v) is 14.7. The van der Waals surface area contributed by atoms with E-state index in [9.17, 15) is 0 Å². The van der Waals surface area contributed by atoms with Crippen LogP contribution in [0.1, 0.15) is 16.7 Å². The first-order chi connectivity index (χ1) is 12.1. The Labute approximate surface area is 147 Å². The molecule has 0 aliphatic rings. The summed E-state index contributed by atoms with van der Waals surface area (Å²) >= 11 is 0. The fourth-order valence-electron chi connectivity index (χ4n) is 3.45. The number of azo groups is 1. The average molecular weight is 324 g/mol. The second kappa shape index (κ2) is 6.14. The Balaban J connectivity index is 1.92. The zero-order valence-electron chi connectivity index (χ0n) is 14.7. The maximum Gasteiger partial charge on any atom is 0.0964 e. The average Bonchev–Trinajstić information content (AvgIpc) is 2.63. The Morgan fingerprint density at radius 3 is 1.88 bits per heavy atom. The number of hydrogen-bond acceptors (Lipinski definition) is 2. The molecule has 0 atom stereocenters. The van der Waals surface area contributed by atoms with Crippen molar-refractivity contribution in [3.05, 3.63) is 83.4 Å². The summed E-state index contributed by atoms with van der Waals surface area (Å²) in [5.41, 5.74) is 5.46. The SMILES string of the molecule is Cc1ccc2ccccc2c1/N=N/c1c(C)cc(C)c2ccccc12. The molecule has 122 valence electrons. The van der Waals surface area contributed by atoms with E-state index in [1.165, 1.54) is 16.3 Å². The summed E-state index contributed by atoms with van der Waals surface area (Å²) in [5.74, 6) is 0. The number of aryl methyl sites for hydroxylation is 3. The summed E-state index contributed by atoms with van der Waals surface area (Å²) in [5, 5.41) is 14.1. The Bertz CT molecular complexity index is 1120. The van der Waals surface area contributed by atoms with Crippen LogP contribution < -0.4 is 0 Å². The Morgan fingerprint density at radius 2 is 1.12 bits per heavy atom. The summed E-state index contributed by atoms with van der Waals surface area (Å²) in [4.78, 5) is 0. The Morgan fingerprint density at radius 1 is 0.520 bits per heavy atom. The van der Waals surface area contributed by atoms with Crippen LogP contribution in [0.5, 0.6) is 0 Å². The lowest BCUT2D eigenvalue weighted by Crippen LogP contribution is -1.84. The van der Waals surface area contributed by atoms with Gasteiger partial charge in [0.15, 0.2) is 0 Å². The molecular weight excluding hydrogens is 304 g/mol. The lowest BCUT2D eigenvalue weighted by Gasteiger charge is -2.09. The predicted molar refractivity (Wildman–Crippen MR) is 106 cm³/mol. The zero-order chi connectivity index (χ0) is 17.4. The third kappa shape index (κ3) is 2.70. The number of nitrogens with zero attached hydrogens (tertiary/aromatic N) is 2. The molecule has 4 aromatic rings. The highest BCUT2D eigenvalue weighted by Crippen LogP contribution is 2.35. The smallest absolute Gasteiger partial charge is 0.0964 e. The normalized spacial score (nSPS) is 11.6. The van der Waals surface area contributed by atoms with E-state index in [0.717, 1.165) is 33.3 Å². The second-order valence-electron chi connectivity index (χ2n) is 6.56. The summed E-state index contributed by atoms with van der Waals surface area (Å²) in [6, 6.07) is 23.1. The van der Waals surface area contributed by atoms with Crippen LogP contribution in [0.15, 0.2) is 77.0 Å². The standard InChI is InChI=1S/C23H20N2/c1-15-12-13-18-8-4-5-10-20(18)22(15)24-25-23-17(3)14-16(2)19-9-6-7-11-21(19)23/h4-14H,1-3H3/b25-24+. The first-order valence-electron chi connectivity index (χ1n) is 8.54. The molecule has 4 rings (SSSR count). The molecule has 0 spiro atoms. The van der Waals surface area contributed by atoms with Gasteiger partial charge in [-0.1, -0.05) is 66.7 Å². The van der Waals surface area contributed by atoms with Crippen molar-refractivity contribution in [3.63, 3.8) is 0 Å². The van der Waals surface area contributed by atoms with Crippen LogP contribution in [0.2, 0.25) is 0 Å². The van der Waals surface area contributed by atoms with Crippen LogP contribution in [-0.2, 0) is 0 Å². The molecule has 0 N–H and O–H groups in total. The molecule has 0 amide bonds. The fourth-order valence-corrected chi connectivity index (χ4v) is 3.45. The number of fused-ring (bicyclic) bond motifs is 2. The second-order valence-corrected chi connectivity index (χ2v) is 6.56. The lowest BCUT2D eigenvalue weighted by molar-refractivity contribution is 1.21. The largest absolute Gasteiger partial charge is 0.150 e. The van der Waals surface area contributed by atoms with Crippen molar-refractivity contribution in [1.82, 2.24) is 0 Å². The van der Waals surface area contributed by atoms with Crippen molar-refractivity contribution in [2.24, 2.45) is 10.2 Å². The number of hydrogen-bond donors (Lipinski definition) is 0. The first kappa shape index (κ1) is 15.5. The maximum absolute atomic E-state index is 4.68.